The molecular formula is C24H16N2O5S. The van der Waals surface area contributed by atoms with E-state index < -0.39 is 5.91 Å². The molecular weight excluding hydrogens is 428 g/mol. The van der Waals surface area contributed by atoms with Crippen LogP contribution in [-0.4, -0.2) is 26.2 Å². The smallest absolute Gasteiger partial charge is 0.261 e. The van der Waals surface area contributed by atoms with Gasteiger partial charge in [0.15, 0.2) is 16.6 Å². The van der Waals surface area contributed by atoms with E-state index in [1.807, 2.05) is 12.1 Å². The summed E-state index contributed by atoms with van der Waals surface area (Å²) >= 11 is 1.18. The number of phenolic OH excluding ortho intramolecular Hbond substituents is 3. The molecule has 0 radical (unpaired) electrons. The molecule has 0 fully saturated rings. The van der Waals surface area contributed by atoms with Crippen LogP contribution in [0.15, 0.2) is 72.8 Å². The van der Waals surface area contributed by atoms with Crippen LogP contribution >= 0.6 is 11.3 Å². The Hall–Kier alpha value is -4.30. The van der Waals surface area contributed by atoms with Crippen molar-refractivity contribution in [2.24, 2.45) is 0 Å². The lowest BCUT2D eigenvalue weighted by Crippen LogP contribution is -2.12. The Morgan fingerprint density at radius 2 is 1.62 bits per heavy atom. The summed E-state index contributed by atoms with van der Waals surface area (Å²) in [6.45, 7) is 0. The molecule has 4 N–H and O–H groups in total. The largest absolute Gasteiger partial charge is 0.508 e. The van der Waals surface area contributed by atoms with E-state index in [9.17, 15) is 20.1 Å². The molecule has 0 saturated carbocycles. The molecule has 1 heterocycles. The number of aromatic nitrogens is 1. The first-order valence-electron chi connectivity index (χ1n) is 9.60. The SMILES string of the molecule is O=C(Nc1nc2cc(O)c(O)cc2s1)c1ccccc1Oc1ccc2cc(O)ccc2c1. The molecule has 0 aliphatic carbocycles. The molecule has 4 aromatic carbocycles. The van der Waals surface area contributed by atoms with Crippen LogP contribution in [0.1, 0.15) is 10.4 Å². The van der Waals surface area contributed by atoms with Crippen LogP contribution in [-0.2, 0) is 0 Å². The van der Waals surface area contributed by atoms with Crippen LogP contribution in [0.3, 0.4) is 0 Å². The number of nitrogens with zero attached hydrogens (tertiary/aromatic N) is 1. The highest BCUT2D eigenvalue weighted by Crippen LogP contribution is 2.35. The Kier molecular flexibility index (Phi) is 4.76. The van der Waals surface area contributed by atoms with Gasteiger partial charge in [-0.1, -0.05) is 35.6 Å². The van der Waals surface area contributed by atoms with Gasteiger partial charge in [0.05, 0.1) is 15.8 Å². The van der Waals surface area contributed by atoms with Crippen LogP contribution in [0, 0.1) is 0 Å². The molecule has 1 aromatic heterocycles. The van der Waals surface area contributed by atoms with Crippen molar-refractivity contribution in [1.82, 2.24) is 4.98 Å². The van der Waals surface area contributed by atoms with E-state index >= 15 is 0 Å². The summed E-state index contributed by atoms with van der Waals surface area (Å²) in [7, 11) is 0. The number of ether oxygens (including phenoxy) is 1. The number of aromatic hydroxyl groups is 3. The predicted octanol–water partition coefficient (Wildman–Crippen LogP) is 5.61. The predicted molar refractivity (Wildman–Crippen MR) is 123 cm³/mol. The molecule has 0 spiro atoms. The van der Waals surface area contributed by atoms with E-state index in [1.54, 1.807) is 48.5 Å². The van der Waals surface area contributed by atoms with E-state index in [0.29, 0.717) is 32.4 Å². The molecule has 5 rings (SSSR count). The van der Waals surface area contributed by atoms with Crippen molar-refractivity contribution in [2.45, 2.75) is 0 Å². The first-order chi connectivity index (χ1) is 15.5. The Labute approximate surface area is 185 Å². The van der Waals surface area contributed by atoms with Crippen LogP contribution in [0.2, 0.25) is 0 Å². The van der Waals surface area contributed by atoms with Crippen molar-refractivity contribution in [3.63, 3.8) is 0 Å². The summed E-state index contributed by atoms with van der Waals surface area (Å²) in [5.41, 5.74) is 0.788. The van der Waals surface area contributed by atoms with E-state index in [4.69, 9.17) is 4.74 Å². The van der Waals surface area contributed by atoms with E-state index in [2.05, 4.69) is 10.3 Å². The van der Waals surface area contributed by atoms with Crippen molar-refractivity contribution in [3.8, 4) is 28.7 Å². The number of hydrogen-bond donors (Lipinski definition) is 4. The van der Waals surface area contributed by atoms with Gasteiger partial charge in [-0.2, -0.15) is 0 Å². The highest BCUT2D eigenvalue weighted by molar-refractivity contribution is 7.22. The van der Waals surface area contributed by atoms with Crippen molar-refractivity contribution in [3.05, 3.63) is 78.4 Å². The third-order valence-electron chi connectivity index (χ3n) is 4.86. The Balaban J connectivity index is 1.41. The minimum atomic E-state index is -0.404. The number of carbonyl (C=O) groups excluding carboxylic acids is 1. The van der Waals surface area contributed by atoms with Gasteiger partial charge in [0, 0.05) is 12.1 Å². The zero-order chi connectivity index (χ0) is 22.2. The molecule has 0 aliphatic rings. The third kappa shape index (κ3) is 3.75. The van der Waals surface area contributed by atoms with Gasteiger partial charge in [0.2, 0.25) is 0 Å². The average Bonchev–Trinajstić information content (AvgIpc) is 3.15. The standard InChI is InChI=1S/C24H16N2O5S/c27-15-7-5-14-10-16(8-6-13(14)9-15)31-21-4-2-1-3-17(21)23(30)26-24-25-18-11-19(28)20(29)12-22(18)32-24/h1-12,27-29H,(H,25,26,30). The average molecular weight is 444 g/mol. The summed E-state index contributed by atoms with van der Waals surface area (Å²) in [6, 6.07) is 20.1. The molecule has 32 heavy (non-hydrogen) atoms. The fraction of sp³-hybridized carbons (Fsp3) is 0. The summed E-state index contributed by atoms with van der Waals surface area (Å²) in [5.74, 6) is 0.189. The highest BCUT2D eigenvalue weighted by Gasteiger charge is 2.16. The van der Waals surface area contributed by atoms with Gasteiger partial charge in [0.25, 0.3) is 5.91 Å². The zero-order valence-electron chi connectivity index (χ0n) is 16.4. The van der Waals surface area contributed by atoms with Crippen molar-refractivity contribution in [2.75, 3.05) is 5.32 Å². The van der Waals surface area contributed by atoms with Gasteiger partial charge in [0.1, 0.15) is 17.2 Å². The summed E-state index contributed by atoms with van der Waals surface area (Å²) in [6.07, 6.45) is 0. The monoisotopic (exact) mass is 444 g/mol. The quantitative estimate of drug-likeness (QED) is 0.268. The molecule has 0 unspecified atom stereocenters. The third-order valence-corrected chi connectivity index (χ3v) is 5.79. The van der Waals surface area contributed by atoms with Gasteiger partial charge in [-0.3, -0.25) is 10.1 Å². The number of phenols is 3. The van der Waals surface area contributed by atoms with Crippen molar-refractivity contribution in [1.29, 1.82) is 0 Å². The minimum absolute atomic E-state index is 0.188. The number of benzene rings is 4. The number of amides is 1. The van der Waals surface area contributed by atoms with Crippen molar-refractivity contribution < 1.29 is 24.9 Å². The zero-order valence-corrected chi connectivity index (χ0v) is 17.3. The number of hydrogen-bond acceptors (Lipinski definition) is 7. The number of para-hydroxylation sites is 1. The molecule has 1 amide bonds. The van der Waals surface area contributed by atoms with Gasteiger partial charge in [-0.05, 0) is 47.2 Å². The molecule has 0 bridgehead atoms. The number of thiazole rings is 1. The number of anilines is 1. The second kappa shape index (κ2) is 7.75. The van der Waals surface area contributed by atoms with Gasteiger partial charge < -0.3 is 20.1 Å². The van der Waals surface area contributed by atoms with E-state index in [0.717, 1.165) is 10.8 Å². The van der Waals surface area contributed by atoms with Crippen LogP contribution in [0.4, 0.5) is 5.13 Å². The maximum Gasteiger partial charge on any atom is 0.261 e. The van der Waals surface area contributed by atoms with E-state index in [1.165, 1.54) is 23.5 Å². The fourth-order valence-electron chi connectivity index (χ4n) is 3.31. The summed E-state index contributed by atoms with van der Waals surface area (Å²) < 4.78 is 6.62. The molecule has 8 heteroatoms. The molecule has 7 nitrogen and oxygen atoms in total. The van der Waals surface area contributed by atoms with Crippen LogP contribution in [0.5, 0.6) is 28.7 Å². The second-order valence-electron chi connectivity index (χ2n) is 7.07. The lowest BCUT2D eigenvalue weighted by Gasteiger charge is -2.11. The van der Waals surface area contributed by atoms with Gasteiger partial charge in [-0.25, -0.2) is 4.98 Å². The Morgan fingerprint density at radius 3 is 2.50 bits per heavy atom. The molecule has 0 atom stereocenters. The summed E-state index contributed by atoms with van der Waals surface area (Å²) in [5, 5.41) is 33.8. The van der Waals surface area contributed by atoms with Crippen molar-refractivity contribution >= 4 is 43.4 Å². The first kappa shape index (κ1) is 19.7. The maximum absolute atomic E-state index is 12.9. The van der Waals surface area contributed by atoms with Crippen LogP contribution in [0.25, 0.3) is 21.0 Å². The van der Waals surface area contributed by atoms with Crippen LogP contribution < -0.4 is 10.1 Å². The number of nitrogens with one attached hydrogen (secondary N) is 1. The Morgan fingerprint density at radius 1 is 0.875 bits per heavy atom. The van der Waals surface area contributed by atoms with Gasteiger partial charge >= 0.3 is 0 Å². The fourth-order valence-corrected chi connectivity index (χ4v) is 4.19. The molecule has 0 aliphatic heterocycles. The normalized spacial score (nSPS) is 11.0. The van der Waals surface area contributed by atoms with E-state index in [-0.39, 0.29) is 17.2 Å². The highest BCUT2D eigenvalue weighted by atomic mass is 32.1. The second-order valence-corrected chi connectivity index (χ2v) is 8.10. The first-order valence-corrected chi connectivity index (χ1v) is 10.4. The molecule has 5 aromatic rings. The minimum Gasteiger partial charge on any atom is -0.508 e. The maximum atomic E-state index is 12.9. The number of fused-ring (bicyclic) bond motifs is 2. The van der Waals surface area contributed by atoms with Gasteiger partial charge in [-0.15, -0.1) is 0 Å². The number of carbonyl (C=O) groups is 1. The molecule has 0 saturated heterocycles. The molecule has 158 valence electrons. The topological polar surface area (TPSA) is 112 Å². The lowest BCUT2D eigenvalue weighted by atomic mass is 10.1. The Bertz CT molecular complexity index is 1460. The lowest BCUT2D eigenvalue weighted by molar-refractivity contribution is 0.102. The summed E-state index contributed by atoms with van der Waals surface area (Å²) in [4.78, 5) is 17.2. The number of rotatable bonds is 4.